The van der Waals surface area contributed by atoms with Gasteiger partial charge in [-0.05, 0) is 12.1 Å². The average molecular weight is 247 g/mol. The van der Waals surface area contributed by atoms with E-state index in [1.165, 1.54) is 11.3 Å². The van der Waals surface area contributed by atoms with Gasteiger partial charge in [0.25, 0.3) is 0 Å². The first kappa shape index (κ1) is 11.0. The van der Waals surface area contributed by atoms with Gasteiger partial charge in [0.2, 0.25) is 0 Å². The molecule has 0 radical (unpaired) electrons. The van der Waals surface area contributed by atoms with Gasteiger partial charge < -0.3 is 5.73 Å². The topological polar surface area (TPSA) is 86.5 Å². The Morgan fingerprint density at radius 2 is 1.79 bits per heavy atom. The van der Waals surface area contributed by atoms with Crippen molar-refractivity contribution in [2.24, 2.45) is 0 Å². The molecule has 14 heavy (non-hydrogen) atoms. The molecule has 0 fully saturated rings. The van der Waals surface area contributed by atoms with Crippen molar-refractivity contribution in [2.75, 3.05) is 5.73 Å². The molecule has 2 rings (SSSR count). The highest BCUT2D eigenvalue weighted by molar-refractivity contribution is 7.22. The Labute approximate surface area is 93.7 Å². The maximum atomic E-state index is 6.00. The second-order valence-electron chi connectivity index (χ2n) is 2.29. The maximum Gasteiger partial charge on any atom is 0.181 e. The van der Waals surface area contributed by atoms with Gasteiger partial charge in [0.15, 0.2) is 5.13 Å². The molecule has 0 aliphatic carbocycles. The molecule has 0 unspecified atom stereocenters. The van der Waals surface area contributed by atoms with Crippen LogP contribution in [0.4, 0.5) is 5.13 Å². The number of halogens is 2. The minimum absolute atomic E-state index is 0.509. The number of thiazole rings is 1. The molecule has 0 atom stereocenters. The van der Waals surface area contributed by atoms with E-state index in [1.807, 2.05) is 0 Å². The summed E-state index contributed by atoms with van der Waals surface area (Å²) in [5, 5.41) is 13.6. The van der Waals surface area contributed by atoms with Gasteiger partial charge in [0.05, 0.1) is 20.3 Å². The van der Waals surface area contributed by atoms with Crippen molar-refractivity contribution in [1.29, 1.82) is 10.8 Å². The van der Waals surface area contributed by atoms with E-state index in [9.17, 15) is 0 Å². The third kappa shape index (κ3) is 2.04. The van der Waals surface area contributed by atoms with Crippen LogP contribution in [-0.4, -0.2) is 4.98 Å². The van der Waals surface area contributed by atoms with E-state index in [0.717, 1.165) is 10.2 Å². The lowest BCUT2D eigenvalue weighted by molar-refractivity contribution is 1.15. The van der Waals surface area contributed by atoms with Gasteiger partial charge in [-0.15, -0.1) is 0 Å². The summed E-state index contributed by atoms with van der Waals surface area (Å²) in [6.07, 6.45) is 0. The SMILES string of the molecule is N#N.Nc1nc2cc(Cl)c(Cl)cc2s1. The summed E-state index contributed by atoms with van der Waals surface area (Å²) in [6.45, 7) is 0. The van der Waals surface area contributed by atoms with Gasteiger partial charge in [-0.3, -0.25) is 0 Å². The fraction of sp³-hybridized carbons (Fsp3) is 0. The van der Waals surface area contributed by atoms with E-state index in [2.05, 4.69) is 4.98 Å². The minimum atomic E-state index is 0.509. The molecule has 1 aromatic heterocycles. The first-order valence-electron chi connectivity index (χ1n) is 3.38. The van der Waals surface area contributed by atoms with Gasteiger partial charge in [0, 0.05) is 10.8 Å². The Balaban J connectivity index is 0.000000461. The molecule has 0 bridgehead atoms. The molecule has 7 heteroatoms. The molecule has 0 aliphatic rings. The third-order valence-corrected chi connectivity index (χ3v) is 3.02. The summed E-state index contributed by atoms with van der Waals surface area (Å²) in [5.41, 5.74) is 6.31. The lowest BCUT2D eigenvalue weighted by atomic mass is 10.3. The predicted octanol–water partition coefficient (Wildman–Crippen LogP) is 3.22. The Hall–Kier alpha value is -1.09. The van der Waals surface area contributed by atoms with Crippen molar-refractivity contribution < 1.29 is 0 Å². The Bertz CT molecular complexity index is 440. The van der Waals surface area contributed by atoms with Crippen LogP contribution in [0.1, 0.15) is 0 Å². The van der Waals surface area contributed by atoms with E-state index >= 15 is 0 Å². The highest BCUT2D eigenvalue weighted by Gasteiger charge is 2.04. The molecule has 2 aromatic rings. The monoisotopic (exact) mass is 246 g/mol. The fourth-order valence-corrected chi connectivity index (χ4v) is 2.08. The van der Waals surface area contributed by atoms with Crippen LogP contribution in [0, 0.1) is 10.8 Å². The fourth-order valence-electron chi connectivity index (χ4n) is 0.941. The van der Waals surface area contributed by atoms with Crippen LogP contribution in [0.25, 0.3) is 10.2 Å². The van der Waals surface area contributed by atoms with Crippen LogP contribution < -0.4 is 5.73 Å². The van der Waals surface area contributed by atoms with Gasteiger partial charge in [0.1, 0.15) is 0 Å². The van der Waals surface area contributed by atoms with Gasteiger partial charge >= 0.3 is 0 Å². The van der Waals surface area contributed by atoms with Gasteiger partial charge in [-0.25, -0.2) is 4.98 Å². The quantitative estimate of drug-likeness (QED) is 0.724. The van der Waals surface area contributed by atoms with Crippen molar-refractivity contribution in [2.45, 2.75) is 0 Å². The van der Waals surface area contributed by atoms with Crippen molar-refractivity contribution in [3.8, 4) is 0 Å². The molecule has 0 aliphatic heterocycles. The Kier molecular flexibility index (Phi) is 3.47. The summed E-state index contributed by atoms with van der Waals surface area (Å²) >= 11 is 13.0. The summed E-state index contributed by atoms with van der Waals surface area (Å²) in [4.78, 5) is 4.07. The second kappa shape index (κ2) is 4.42. The zero-order valence-electron chi connectivity index (χ0n) is 6.74. The zero-order valence-corrected chi connectivity index (χ0v) is 9.07. The molecule has 72 valence electrons. The minimum Gasteiger partial charge on any atom is -0.375 e. The summed E-state index contributed by atoms with van der Waals surface area (Å²) < 4.78 is 0.960. The molecule has 0 saturated carbocycles. The molecule has 2 N–H and O–H groups in total. The highest BCUT2D eigenvalue weighted by Crippen LogP contribution is 2.31. The summed E-state index contributed by atoms with van der Waals surface area (Å²) in [5.74, 6) is 0. The van der Waals surface area contributed by atoms with Crippen molar-refractivity contribution in [3.63, 3.8) is 0 Å². The largest absolute Gasteiger partial charge is 0.375 e. The number of hydrogen-bond acceptors (Lipinski definition) is 5. The lowest BCUT2D eigenvalue weighted by Crippen LogP contribution is -1.79. The molecule has 0 saturated heterocycles. The first-order valence-corrected chi connectivity index (χ1v) is 4.95. The number of aromatic nitrogens is 1. The number of nitrogen functional groups attached to an aromatic ring is 1. The zero-order chi connectivity index (χ0) is 10.7. The normalized spacial score (nSPS) is 9.43. The Morgan fingerprint density at radius 1 is 1.21 bits per heavy atom. The number of anilines is 1. The van der Waals surface area contributed by atoms with E-state index in [4.69, 9.17) is 39.7 Å². The van der Waals surface area contributed by atoms with Crippen LogP contribution >= 0.6 is 34.5 Å². The van der Waals surface area contributed by atoms with Crippen LogP contribution in [0.5, 0.6) is 0 Å². The summed E-state index contributed by atoms with van der Waals surface area (Å²) in [6, 6.07) is 3.49. The van der Waals surface area contributed by atoms with Crippen LogP contribution in [0.15, 0.2) is 12.1 Å². The average Bonchev–Trinajstić information content (AvgIpc) is 2.49. The molecular weight excluding hydrogens is 243 g/mol. The maximum absolute atomic E-state index is 6.00. The number of hydrogen-bond donors (Lipinski definition) is 1. The molecule has 0 spiro atoms. The van der Waals surface area contributed by atoms with E-state index in [-0.39, 0.29) is 0 Å². The second-order valence-corrected chi connectivity index (χ2v) is 4.16. The number of nitrogens with zero attached hydrogens (tertiary/aromatic N) is 3. The third-order valence-electron chi connectivity index (χ3n) is 1.45. The van der Waals surface area contributed by atoms with E-state index in [1.54, 1.807) is 12.1 Å². The van der Waals surface area contributed by atoms with Crippen LogP contribution in [0.2, 0.25) is 10.0 Å². The standard InChI is InChI=1S/C7H4Cl2N2S.N2/c8-3-1-5-6(2-4(3)9)12-7(10)11-5;1-2/h1-2H,(H2,10,11);. The van der Waals surface area contributed by atoms with Gasteiger partial charge in [-0.2, -0.15) is 0 Å². The van der Waals surface area contributed by atoms with Crippen molar-refractivity contribution in [1.82, 2.24) is 4.98 Å². The molecule has 1 heterocycles. The number of nitrogens with two attached hydrogens (primary N) is 1. The van der Waals surface area contributed by atoms with E-state index in [0.29, 0.717) is 15.2 Å². The van der Waals surface area contributed by atoms with Crippen molar-refractivity contribution >= 4 is 49.9 Å². The predicted molar refractivity (Wildman–Crippen MR) is 57.5 cm³/mol. The number of fused-ring (bicyclic) bond motifs is 1. The van der Waals surface area contributed by atoms with Crippen LogP contribution in [0.3, 0.4) is 0 Å². The first-order chi connectivity index (χ1) is 6.66. The highest BCUT2D eigenvalue weighted by atomic mass is 35.5. The smallest absolute Gasteiger partial charge is 0.181 e. The van der Waals surface area contributed by atoms with Crippen molar-refractivity contribution in [3.05, 3.63) is 22.2 Å². The molecule has 4 nitrogen and oxygen atoms in total. The molecular formula is C7H4Cl2N4S. The van der Waals surface area contributed by atoms with E-state index < -0.39 is 0 Å². The lowest BCUT2D eigenvalue weighted by Gasteiger charge is -1.92. The number of benzene rings is 1. The van der Waals surface area contributed by atoms with Crippen LogP contribution in [-0.2, 0) is 0 Å². The van der Waals surface area contributed by atoms with Gasteiger partial charge in [-0.1, -0.05) is 34.5 Å². The number of rotatable bonds is 0. The Morgan fingerprint density at radius 3 is 2.43 bits per heavy atom. The summed E-state index contributed by atoms with van der Waals surface area (Å²) in [7, 11) is 0. The molecule has 0 amide bonds. The molecule has 1 aromatic carbocycles.